The fourth-order valence-electron chi connectivity index (χ4n) is 0.999. The molecule has 16 heavy (non-hydrogen) atoms. The molecule has 7 heteroatoms. The van der Waals surface area contributed by atoms with Crippen LogP contribution in [-0.2, 0) is 4.74 Å². The Morgan fingerprint density at radius 1 is 1.69 bits per heavy atom. The molecule has 0 amide bonds. The number of ether oxygens (including phenoxy) is 1. The molecule has 3 nitrogen and oxygen atoms in total. The lowest BCUT2D eigenvalue weighted by Gasteiger charge is -2.08. The van der Waals surface area contributed by atoms with E-state index >= 15 is 0 Å². The number of esters is 1. The molecule has 1 rings (SSSR count). The van der Waals surface area contributed by atoms with Gasteiger partial charge in [0.15, 0.2) is 0 Å². The number of halogens is 4. The molecule has 0 bridgehead atoms. The number of aromatic nitrogens is 1. The first kappa shape index (κ1) is 13.3. The predicted octanol–water partition coefficient (Wildman–Crippen LogP) is 3.61. The van der Waals surface area contributed by atoms with Gasteiger partial charge in [-0.1, -0.05) is 11.6 Å². The maximum Gasteiger partial charge on any atom is 0.342 e. The largest absolute Gasteiger partial charge is 0.462 e. The smallest absolute Gasteiger partial charge is 0.342 e. The second-order valence-corrected chi connectivity index (χ2v) is 3.93. The highest BCUT2D eigenvalue weighted by Crippen LogP contribution is 2.29. The van der Waals surface area contributed by atoms with Crippen LogP contribution >= 0.6 is 27.5 Å². The molecule has 0 saturated carbocycles. The zero-order valence-corrected chi connectivity index (χ0v) is 10.5. The maximum absolute atomic E-state index is 12.3. The van der Waals surface area contributed by atoms with Gasteiger partial charge in [-0.05, 0) is 28.9 Å². The summed E-state index contributed by atoms with van der Waals surface area (Å²) in [7, 11) is 0. The van der Waals surface area contributed by atoms with Crippen molar-refractivity contribution >= 4 is 33.5 Å². The summed E-state index contributed by atoms with van der Waals surface area (Å²) in [6.45, 7) is 1.79. The number of alkyl halides is 2. The van der Waals surface area contributed by atoms with Gasteiger partial charge in [-0.3, -0.25) is 0 Å². The number of hydrogen-bond donors (Lipinski definition) is 0. The van der Waals surface area contributed by atoms with Crippen molar-refractivity contribution in [3.63, 3.8) is 0 Å². The van der Waals surface area contributed by atoms with Crippen LogP contribution in [0.3, 0.4) is 0 Å². The van der Waals surface area contributed by atoms with Crippen molar-refractivity contribution in [2.45, 2.75) is 13.3 Å². The van der Waals surface area contributed by atoms with E-state index in [1.165, 1.54) is 0 Å². The first-order chi connectivity index (χ1) is 7.47. The predicted molar refractivity (Wildman–Crippen MR) is 57.9 cm³/mol. The third kappa shape index (κ3) is 2.89. The second kappa shape index (κ2) is 5.54. The van der Waals surface area contributed by atoms with Gasteiger partial charge in [0.05, 0.1) is 6.61 Å². The van der Waals surface area contributed by atoms with Gasteiger partial charge >= 0.3 is 5.97 Å². The Bertz CT molecular complexity index is 391. The summed E-state index contributed by atoms with van der Waals surface area (Å²) < 4.78 is 29.5. The first-order valence-corrected chi connectivity index (χ1v) is 5.45. The Kier molecular flexibility index (Phi) is 4.61. The quantitative estimate of drug-likeness (QED) is 0.632. The Labute approximate surface area is 104 Å². The Balaban J connectivity index is 3.17. The van der Waals surface area contributed by atoms with Crippen molar-refractivity contribution in [2.24, 2.45) is 0 Å². The van der Waals surface area contributed by atoms with E-state index in [2.05, 4.69) is 20.9 Å². The van der Waals surface area contributed by atoms with E-state index in [1.54, 1.807) is 6.92 Å². The number of carbonyl (C=O) groups is 1. The Morgan fingerprint density at radius 2 is 2.31 bits per heavy atom. The molecule has 0 aliphatic rings. The van der Waals surface area contributed by atoms with Gasteiger partial charge in [0.2, 0.25) is 0 Å². The maximum atomic E-state index is 12.3. The molecule has 0 spiro atoms. The van der Waals surface area contributed by atoms with Crippen molar-refractivity contribution in [3.8, 4) is 0 Å². The average Bonchev–Trinajstić information content (AvgIpc) is 2.16. The lowest BCUT2D eigenvalue weighted by atomic mass is 10.2. The van der Waals surface area contributed by atoms with Crippen LogP contribution in [0.1, 0.15) is 29.4 Å². The third-order valence-electron chi connectivity index (χ3n) is 1.65. The monoisotopic (exact) mass is 313 g/mol. The van der Waals surface area contributed by atoms with Crippen molar-refractivity contribution in [1.29, 1.82) is 0 Å². The van der Waals surface area contributed by atoms with Crippen LogP contribution in [0, 0.1) is 0 Å². The van der Waals surface area contributed by atoms with Crippen molar-refractivity contribution in [3.05, 3.63) is 26.9 Å². The number of hydrogen-bond acceptors (Lipinski definition) is 3. The summed E-state index contributed by atoms with van der Waals surface area (Å²) in [4.78, 5) is 14.8. The van der Waals surface area contributed by atoms with Gasteiger partial charge < -0.3 is 4.74 Å². The number of rotatable bonds is 3. The van der Waals surface area contributed by atoms with Crippen LogP contribution in [0.2, 0.25) is 5.15 Å². The molecule has 0 aromatic carbocycles. The molecular formula is C9H7BrClF2NO2. The zero-order valence-electron chi connectivity index (χ0n) is 8.14. The highest BCUT2D eigenvalue weighted by atomic mass is 79.9. The standard InChI is InChI=1S/C9H7BrClF2NO2/c1-2-16-9(15)6-4(10)3-5(8(12)13)14-7(6)11/h3,8H,2H2,1H3. The highest BCUT2D eigenvalue weighted by molar-refractivity contribution is 9.10. The lowest BCUT2D eigenvalue weighted by Crippen LogP contribution is -2.08. The summed E-state index contributed by atoms with van der Waals surface area (Å²) in [5.41, 5.74) is -0.544. The van der Waals surface area contributed by atoms with Crippen LogP contribution in [0.5, 0.6) is 0 Å². The molecule has 0 aliphatic carbocycles. The molecule has 1 heterocycles. The number of nitrogens with zero attached hydrogens (tertiary/aromatic N) is 1. The zero-order chi connectivity index (χ0) is 12.3. The summed E-state index contributed by atoms with van der Waals surface area (Å²) in [5, 5.41) is -0.303. The van der Waals surface area contributed by atoms with E-state index in [4.69, 9.17) is 16.3 Å². The molecule has 0 atom stereocenters. The molecular weight excluding hydrogens is 307 g/mol. The van der Waals surface area contributed by atoms with E-state index in [9.17, 15) is 13.6 Å². The third-order valence-corrected chi connectivity index (χ3v) is 2.55. The normalized spacial score (nSPS) is 10.6. The van der Waals surface area contributed by atoms with Gasteiger partial charge in [-0.15, -0.1) is 0 Å². The van der Waals surface area contributed by atoms with E-state index in [1.807, 2.05) is 0 Å². The summed E-state index contributed by atoms with van der Waals surface area (Å²) in [6.07, 6.45) is -2.75. The van der Waals surface area contributed by atoms with Crippen LogP contribution < -0.4 is 0 Å². The molecule has 0 saturated heterocycles. The van der Waals surface area contributed by atoms with Crippen LogP contribution in [0.15, 0.2) is 10.5 Å². The van der Waals surface area contributed by atoms with Crippen LogP contribution in [0.25, 0.3) is 0 Å². The Morgan fingerprint density at radius 3 is 2.75 bits per heavy atom. The Hall–Kier alpha value is -0.750. The van der Waals surface area contributed by atoms with Gasteiger partial charge in [0.25, 0.3) is 6.43 Å². The molecule has 0 aliphatic heterocycles. The SMILES string of the molecule is CCOC(=O)c1c(Br)cc(C(F)F)nc1Cl. The fraction of sp³-hybridized carbons (Fsp3) is 0.333. The van der Waals surface area contributed by atoms with Gasteiger partial charge in [0.1, 0.15) is 16.4 Å². The molecule has 1 aromatic heterocycles. The van der Waals surface area contributed by atoms with Crippen molar-refractivity contribution in [2.75, 3.05) is 6.61 Å². The number of carbonyl (C=O) groups excluding carboxylic acids is 1. The molecule has 1 aromatic rings. The minimum atomic E-state index is -2.75. The highest BCUT2D eigenvalue weighted by Gasteiger charge is 2.20. The van der Waals surface area contributed by atoms with Crippen molar-refractivity contribution < 1.29 is 18.3 Å². The summed E-state index contributed by atoms with van der Waals surface area (Å²) in [5.74, 6) is -0.701. The fourth-order valence-corrected chi connectivity index (χ4v) is 1.97. The van der Waals surface area contributed by atoms with E-state index < -0.39 is 18.1 Å². The van der Waals surface area contributed by atoms with Gasteiger partial charge in [-0.25, -0.2) is 18.6 Å². The molecule has 88 valence electrons. The summed E-state index contributed by atoms with van der Waals surface area (Å²) >= 11 is 8.61. The molecule has 0 fully saturated rings. The van der Waals surface area contributed by atoms with E-state index in [-0.39, 0.29) is 21.8 Å². The van der Waals surface area contributed by atoms with E-state index in [0.717, 1.165) is 6.07 Å². The first-order valence-electron chi connectivity index (χ1n) is 4.28. The van der Waals surface area contributed by atoms with Crippen LogP contribution in [-0.4, -0.2) is 17.6 Å². The van der Waals surface area contributed by atoms with Gasteiger partial charge in [0, 0.05) is 4.47 Å². The lowest BCUT2D eigenvalue weighted by molar-refractivity contribution is 0.0524. The van der Waals surface area contributed by atoms with Crippen molar-refractivity contribution in [1.82, 2.24) is 4.98 Å². The number of pyridine rings is 1. The topological polar surface area (TPSA) is 39.2 Å². The minimum Gasteiger partial charge on any atom is -0.462 e. The van der Waals surface area contributed by atoms with Gasteiger partial charge in [-0.2, -0.15) is 0 Å². The minimum absolute atomic E-state index is 0.0482. The second-order valence-electron chi connectivity index (χ2n) is 2.72. The average molecular weight is 315 g/mol. The molecule has 0 radical (unpaired) electrons. The summed E-state index contributed by atoms with van der Waals surface area (Å²) in [6, 6.07) is 1.04. The molecule has 0 N–H and O–H groups in total. The van der Waals surface area contributed by atoms with E-state index in [0.29, 0.717) is 0 Å². The van der Waals surface area contributed by atoms with Crippen LogP contribution in [0.4, 0.5) is 8.78 Å². The molecule has 0 unspecified atom stereocenters.